The SMILES string of the molecule is Cc1nn(C)c2nc(-c3ccccc3)cc(C(=O)NCCC(=O)OC(C)C)c12. The minimum Gasteiger partial charge on any atom is -0.463 e. The average Bonchev–Trinajstić information content (AvgIpc) is 2.95. The highest BCUT2D eigenvalue weighted by atomic mass is 16.5. The van der Waals surface area contributed by atoms with Gasteiger partial charge >= 0.3 is 5.97 Å². The topological polar surface area (TPSA) is 86.1 Å². The van der Waals surface area contributed by atoms with Gasteiger partial charge in [-0.15, -0.1) is 0 Å². The second kappa shape index (κ2) is 8.21. The van der Waals surface area contributed by atoms with E-state index in [9.17, 15) is 9.59 Å². The maximum atomic E-state index is 12.9. The van der Waals surface area contributed by atoms with Crippen LogP contribution in [0.3, 0.4) is 0 Å². The standard InChI is InChI=1S/C21H24N4O3/c1-13(2)28-18(26)10-11-22-21(27)16-12-17(15-8-6-5-7-9-15)23-20-19(16)14(3)24-25(20)4/h5-9,12-13H,10-11H2,1-4H3,(H,22,27). The predicted molar refractivity (Wildman–Crippen MR) is 107 cm³/mol. The van der Waals surface area contributed by atoms with Crippen LogP contribution in [0.1, 0.15) is 36.3 Å². The lowest BCUT2D eigenvalue weighted by Crippen LogP contribution is -2.27. The van der Waals surface area contributed by atoms with Crippen LogP contribution < -0.4 is 5.32 Å². The van der Waals surface area contributed by atoms with Crippen molar-refractivity contribution in [2.45, 2.75) is 33.3 Å². The van der Waals surface area contributed by atoms with E-state index in [1.807, 2.05) is 37.3 Å². The van der Waals surface area contributed by atoms with Crippen LogP contribution in [0.25, 0.3) is 22.3 Å². The number of nitrogens with one attached hydrogen (secondary N) is 1. The number of hydrogen-bond acceptors (Lipinski definition) is 5. The molecule has 0 radical (unpaired) electrons. The van der Waals surface area contributed by atoms with E-state index in [1.165, 1.54) is 0 Å². The van der Waals surface area contributed by atoms with E-state index in [0.29, 0.717) is 22.3 Å². The number of ether oxygens (including phenoxy) is 1. The number of nitrogens with zero attached hydrogens (tertiary/aromatic N) is 3. The van der Waals surface area contributed by atoms with Gasteiger partial charge in [0.15, 0.2) is 5.65 Å². The van der Waals surface area contributed by atoms with Crippen LogP contribution in [-0.4, -0.2) is 39.3 Å². The van der Waals surface area contributed by atoms with E-state index < -0.39 is 0 Å². The molecule has 1 amide bonds. The minimum atomic E-state index is -0.335. The van der Waals surface area contributed by atoms with E-state index in [-0.39, 0.29) is 30.9 Å². The average molecular weight is 380 g/mol. The van der Waals surface area contributed by atoms with E-state index in [2.05, 4.69) is 10.4 Å². The van der Waals surface area contributed by atoms with Crippen LogP contribution in [0.2, 0.25) is 0 Å². The zero-order chi connectivity index (χ0) is 20.3. The second-order valence-corrected chi connectivity index (χ2v) is 6.87. The third-order valence-electron chi connectivity index (χ3n) is 4.26. The zero-order valence-electron chi connectivity index (χ0n) is 16.5. The number of amides is 1. The highest BCUT2D eigenvalue weighted by Crippen LogP contribution is 2.26. The number of rotatable bonds is 6. The normalized spacial score (nSPS) is 11.0. The maximum absolute atomic E-state index is 12.9. The van der Waals surface area contributed by atoms with Crippen LogP contribution in [0.4, 0.5) is 0 Å². The first-order valence-electron chi connectivity index (χ1n) is 9.24. The molecule has 0 spiro atoms. The molecule has 0 unspecified atom stereocenters. The van der Waals surface area contributed by atoms with Gasteiger partial charge in [0.2, 0.25) is 0 Å². The molecule has 28 heavy (non-hydrogen) atoms. The number of hydrogen-bond donors (Lipinski definition) is 1. The molecule has 7 nitrogen and oxygen atoms in total. The number of carbonyl (C=O) groups is 2. The molecule has 0 atom stereocenters. The van der Waals surface area contributed by atoms with Crippen LogP contribution in [0, 0.1) is 6.92 Å². The van der Waals surface area contributed by atoms with Gasteiger partial charge in [-0.3, -0.25) is 14.3 Å². The Morgan fingerprint density at radius 2 is 1.93 bits per heavy atom. The Morgan fingerprint density at radius 1 is 1.21 bits per heavy atom. The lowest BCUT2D eigenvalue weighted by atomic mass is 10.0. The molecule has 1 aromatic carbocycles. The van der Waals surface area contributed by atoms with Gasteiger partial charge < -0.3 is 10.1 Å². The molecule has 0 saturated heterocycles. The van der Waals surface area contributed by atoms with Gasteiger partial charge in [0.05, 0.1) is 34.9 Å². The molecule has 3 rings (SSSR count). The Morgan fingerprint density at radius 3 is 2.61 bits per heavy atom. The quantitative estimate of drug-likeness (QED) is 0.665. The number of pyridine rings is 1. The van der Waals surface area contributed by atoms with Crippen molar-refractivity contribution < 1.29 is 14.3 Å². The molecule has 2 aromatic heterocycles. The van der Waals surface area contributed by atoms with Gasteiger partial charge in [-0.25, -0.2) is 4.98 Å². The number of fused-ring (bicyclic) bond motifs is 1. The predicted octanol–water partition coefficient (Wildman–Crippen LogP) is 3.02. The Bertz CT molecular complexity index is 1010. The van der Waals surface area contributed by atoms with E-state index in [4.69, 9.17) is 9.72 Å². The zero-order valence-corrected chi connectivity index (χ0v) is 16.5. The summed E-state index contributed by atoms with van der Waals surface area (Å²) in [5, 5.41) is 7.93. The molecule has 3 aromatic rings. The van der Waals surface area contributed by atoms with Gasteiger partial charge in [0.25, 0.3) is 5.91 Å². The summed E-state index contributed by atoms with van der Waals surface area (Å²) in [6, 6.07) is 11.4. The summed E-state index contributed by atoms with van der Waals surface area (Å²) in [6.45, 7) is 5.64. The first-order chi connectivity index (χ1) is 13.4. The van der Waals surface area contributed by atoms with Gasteiger partial charge in [0, 0.05) is 19.2 Å². The summed E-state index contributed by atoms with van der Waals surface area (Å²) in [7, 11) is 1.81. The fourth-order valence-corrected chi connectivity index (χ4v) is 3.08. The molecule has 0 aliphatic carbocycles. The van der Waals surface area contributed by atoms with Crippen molar-refractivity contribution in [3.05, 3.63) is 47.7 Å². The monoisotopic (exact) mass is 380 g/mol. The summed E-state index contributed by atoms with van der Waals surface area (Å²) < 4.78 is 6.77. The number of aryl methyl sites for hydroxylation is 2. The van der Waals surface area contributed by atoms with Gasteiger partial charge in [-0.2, -0.15) is 5.10 Å². The summed E-state index contributed by atoms with van der Waals surface area (Å²) in [5.74, 6) is -0.601. The molecular weight excluding hydrogens is 356 g/mol. The van der Waals surface area contributed by atoms with Crippen molar-refractivity contribution in [1.29, 1.82) is 0 Å². The van der Waals surface area contributed by atoms with Gasteiger partial charge in [-0.1, -0.05) is 30.3 Å². The highest BCUT2D eigenvalue weighted by Gasteiger charge is 2.19. The van der Waals surface area contributed by atoms with Crippen LogP contribution >= 0.6 is 0 Å². The lowest BCUT2D eigenvalue weighted by molar-refractivity contribution is -0.147. The van der Waals surface area contributed by atoms with Gasteiger partial charge in [-0.05, 0) is 26.8 Å². The Kier molecular flexibility index (Phi) is 5.73. The van der Waals surface area contributed by atoms with Crippen molar-refractivity contribution >= 4 is 22.9 Å². The van der Waals surface area contributed by atoms with Crippen molar-refractivity contribution in [1.82, 2.24) is 20.1 Å². The first kappa shape index (κ1) is 19.5. The molecule has 0 aliphatic heterocycles. The van der Waals surface area contributed by atoms with Crippen LogP contribution in [0.5, 0.6) is 0 Å². The molecule has 0 fully saturated rings. The molecular formula is C21H24N4O3. The van der Waals surface area contributed by atoms with Crippen LogP contribution in [0.15, 0.2) is 36.4 Å². The van der Waals surface area contributed by atoms with Gasteiger partial charge in [0.1, 0.15) is 0 Å². The Labute approximate surface area is 163 Å². The highest BCUT2D eigenvalue weighted by molar-refractivity contribution is 6.07. The van der Waals surface area contributed by atoms with Crippen molar-refractivity contribution in [3.8, 4) is 11.3 Å². The molecule has 2 heterocycles. The van der Waals surface area contributed by atoms with E-state index in [0.717, 1.165) is 11.3 Å². The molecule has 0 aliphatic rings. The summed E-state index contributed by atoms with van der Waals surface area (Å²) in [4.78, 5) is 29.3. The summed E-state index contributed by atoms with van der Waals surface area (Å²) in [5.41, 5.74) is 3.47. The maximum Gasteiger partial charge on any atom is 0.307 e. The van der Waals surface area contributed by atoms with Crippen molar-refractivity contribution in [2.75, 3.05) is 6.54 Å². The van der Waals surface area contributed by atoms with Crippen molar-refractivity contribution in [2.24, 2.45) is 7.05 Å². The number of benzene rings is 1. The molecule has 146 valence electrons. The molecule has 0 saturated carbocycles. The second-order valence-electron chi connectivity index (χ2n) is 6.87. The Balaban J connectivity index is 1.90. The lowest BCUT2D eigenvalue weighted by Gasteiger charge is -2.10. The molecule has 0 bridgehead atoms. The molecule has 1 N–H and O–H groups in total. The Hall–Kier alpha value is -3.22. The smallest absolute Gasteiger partial charge is 0.307 e. The van der Waals surface area contributed by atoms with E-state index in [1.54, 1.807) is 31.6 Å². The first-order valence-corrected chi connectivity index (χ1v) is 9.24. The number of aromatic nitrogens is 3. The fraction of sp³-hybridized carbons (Fsp3) is 0.333. The summed E-state index contributed by atoms with van der Waals surface area (Å²) in [6.07, 6.45) is -0.0510. The minimum absolute atomic E-state index is 0.121. The summed E-state index contributed by atoms with van der Waals surface area (Å²) >= 11 is 0. The van der Waals surface area contributed by atoms with Crippen molar-refractivity contribution in [3.63, 3.8) is 0 Å². The van der Waals surface area contributed by atoms with E-state index >= 15 is 0 Å². The third kappa shape index (κ3) is 4.19. The van der Waals surface area contributed by atoms with Crippen LogP contribution in [-0.2, 0) is 16.6 Å². The number of carbonyl (C=O) groups excluding carboxylic acids is 2. The fourth-order valence-electron chi connectivity index (χ4n) is 3.08. The number of esters is 1. The third-order valence-corrected chi connectivity index (χ3v) is 4.26. The molecule has 7 heteroatoms. The largest absolute Gasteiger partial charge is 0.463 e.